The fourth-order valence-corrected chi connectivity index (χ4v) is 4.52. The molecule has 2 heterocycles. The fourth-order valence-electron chi connectivity index (χ4n) is 4.52. The van der Waals surface area contributed by atoms with Crippen LogP contribution in [0.5, 0.6) is 0 Å². The van der Waals surface area contributed by atoms with Crippen LogP contribution in [0.15, 0.2) is 122 Å². The number of fused-ring (bicyclic) bond motifs is 4. The van der Waals surface area contributed by atoms with E-state index in [9.17, 15) is 4.79 Å². The van der Waals surface area contributed by atoms with Gasteiger partial charge < -0.3 is 9.97 Å². The molecule has 0 aliphatic heterocycles. The molecule has 0 bridgehead atoms. The molecule has 1 aliphatic rings. The van der Waals surface area contributed by atoms with E-state index in [0.29, 0.717) is 0 Å². The van der Waals surface area contributed by atoms with Crippen LogP contribution in [0.25, 0.3) is 44.4 Å². The summed E-state index contributed by atoms with van der Waals surface area (Å²) in [7, 11) is 0. The van der Waals surface area contributed by atoms with Gasteiger partial charge in [-0.05, 0) is 57.6 Å². The first-order valence-corrected chi connectivity index (χ1v) is 11.7. The Bertz CT molecular complexity index is 1650. The third kappa shape index (κ3) is 4.77. The van der Waals surface area contributed by atoms with Crippen molar-refractivity contribution in [2.45, 2.75) is 0 Å². The van der Waals surface area contributed by atoms with Gasteiger partial charge in [0.15, 0.2) is 5.78 Å². The average Bonchev–Trinajstić information content (AvgIpc) is 3.24. The minimum Gasteiger partial charge on any atom is -0.305 e. The van der Waals surface area contributed by atoms with Crippen molar-refractivity contribution >= 4 is 16.6 Å². The summed E-state index contributed by atoms with van der Waals surface area (Å²) in [6.07, 6.45) is 3.60. The summed E-state index contributed by atoms with van der Waals surface area (Å²) in [6, 6.07) is 41.7. The second-order valence-corrected chi connectivity index (χ2v) is 8.42. The number of hydrogen-bond donors (Lipinski definition) is 0. The number of rotatable bonds is 2. The molecule has 2 aromatic heterocycles. The number of carbonyl (C=O) groups excluding carboxylic acids is 1. The third-order valence-corrected chi connectivity index (χ3v) is 6.22. The molecule has 0 amide bonds. The van der Waals surface area contributed by atoms with Gasteiger partial charge in [-0.25, -0.2) is 0 Å². The normalized spacial score (nSPS) is 11.1. The van der Waals surface area contributed by atoms with E-state index in [2.05, 4.69) is 28.2 Å². The fraction of sp³-hybridized carbons (Fsp3) is 0. The summed E-state index contributed by atoms with van der Waals surface area (Å²) < 4.78 is 0. The van der Waals surface area contributed by atoms with Crippen LogP contribution >= 0.6 is 0 Å². The summed E-state index contributed by atoms with van der Waals surface area (Å²) in [5.74, 6) is 0.0920. The Labute approximate surface area is 229 Å². The number of nitrogens with zero attached hydrogens (tertiary/aromatic N) is 2. The quantitative estimate of drug-likeness (QED) is 0.182. The van der Waals surface area contributed by atoms with Gasteiger partial charge in [0.1, 0.15) is 0 Å². The number of ketones is 1. The van der Waals surface area contributed by atoms with Crippen LogP contribution in [0.2, 0.25) is 0 Å². The molecule has 37 heavy (non-hydrogen) atoms. The van der Waals surface area contributed by atoms with Crippen molar-refractivity contribution in [2.24, 2.45) is 0 Å². The maximum absolute atomic E-state index is 12.8. The van der Waals surface area contributed by atoms with Gasteiger partial charge in [-0.3, -0.25) is 4.79 Å². The second kappa shape index (κ2) is 10.8. The van der Waals surface area contributed by atoms with Gasteiger partial charge in [0.25, 0.3) is 0 Å². The molecule has 6 aromatic rings. The van der Waals surface area contributed by atoms with Gasteiger partial charge in [0.05, 0.1) is 0 Å². The van der Waals surface area contributed by atoms with E-state index in [1.54, 1.807) is 6.20 Å². The van der Waals surface area contributed by atoms with E-state index in [0.717, 1.165) is 55.5 Å². The molecule has 179 valence electrons. The maximum atomic E-state index is 12.8. The van der Waals surface area contributed by atoms with E-state index in [-0.39, 0.29) is 25.9 Å². The summed E-state index contributed by atoms with van der Waals surface area (Å²) in [6.45, 7) is 0. The predicted octanol–water partition coefficient (Wildman–Crippen LogP) is 7.46. The average molecular weight is 653 g/mol. The number of pyridine rings is 2. The molecular weight excluding hydrogens is 633 g/mol. The number of carbonyl (C=O) groups is 1. The zero-order chi connectivity index (χ0) is 24.3. The Kier molecular flexibility index (Phi) is 7.13. The Balaban J connectivity index is 0.000000183. The van der Waals surface area contributed by atoms with Gasteiger partial charge in [0, 0.05) is 43.6 Å². The number of hydrogen-bond acceptors (Lipinski definition) is 3. The molecular formula is C33H20IrN2O-2. The first-order chi connectivity index (χ1) is 17.8. The molecule has 7 rings (SSSR count). The maximum Gasteiger partial charge on any atom is 0.194 e. The molecule has 4 aromatic carbocycles. The van der Waals surface area contributed by atoms with E-state index >= 15 is 0 Å². The predicted molar refractivity (Wildman–Crippen MR) is 143 cm³/mol. The number of benzene rings is 4. The molecule has 0 N–H and O–H groups in total. The van der Waals surface area contributed by atoms with E-state index < -0.39 is 0 Å². The van der Waals surface area contributed by atoms with Crippen molar-refractivity contribution in [1.82, 2.24) is 9.97 Å². The van der Waals surface area contributed by atoms with Crippen LogP contribution in [-0.2, 0) is 20.1 Å². The Morgan fingerprint density at radius 2 is 1.27 bits per heavy atom. The topological polar surface area (TPSA) is 42.9 Å². The van der Waals surface area contributed by atoms with Crippen LogP contribution in [0, 0.1) is 12.1 Å². The van der Waals surface area contributed by atoms with Crippen LogP contribution in [0.1, 0.15) is 15.9 Å². The monoisotopic (exact) mass is 653 g/mol. The van der Waals surface area contributed by atoms with Crippen LogP contribution in [-0.4, -0.2) is 15.8 Å². The largest absolute Gasteiger partial charge is 0.305 e. The first kappa shape index (κ1) is 24.5. The zero-order valence-electron chi connectivity index (χ0n) is 19.7. The van der Waals surface area contributed by atoms with E-state index in [1.807, 2.05) is 109 Å². The minimum absolute atomic E-state index is 0. The van der Waals surface area contributed by atoms with Crippen LogP contribution in [0.4, 0.5) is 0 Å². The van der Waals surface area contributed by atoms with E-state index in [1.165, 1.54) is 0 Å². The summed E-state index contributed by atoms with van der Waals surface area (Å²) >= 11 is 0. The number of aromatic nitrogens is 2. The van der Waals surface area contributed by atoms with Crippen molar-refractivity contribution in [1.29, 1.82) is 0 Å². The molecule has 0 fully saturated rings. The Morgan fingerprint density at radius 3 is 1.97 bits per heavy atom. The minimum atomic E-state index is 0. The Morgan fingerprint density at radius 1 is 0.568 bits per heavy atom. The summed E-state index contributed by atoms with van der Waals surface area (Å²) in [5.41, 5.74) is 7.38. The zero-order valence-corrected chi connectivity index (χ0v) is 22.1. The smallest absolute Gasteiger partial charge is 0.194 e. The van der Waals surface area contributed by atoms with Crippen molar-refractivity contribution in [3.05, 3.63) is 145 Å². The third-order valence-electron chi connectivity index (χ3n) is 6.22. The SMILES string of the molecule is O=C1c2ccccc2-c2cc3ccnc(-c4[c-]cccc4)c3cc21.[Ir].[c-]1ccccc1-c1ccccn1. The van der Waals surface area contributed by atoms with Gasteiger partial charge >= 0.3 is 0 Å². The molecule has 0 saturated carbocycles. The molecule has 0 spiro atoms. The Hall–Kier alpha value is -4.24. The molecule has 4 heteroatoms. The molecule has 0 unspecified atom stereocenters. The molecule has 1 aliphatic carbocycles. The first-order valence-electron chi connectivity index (χ1n) is 11.7. The van der Waals surface area contributed by atoms with Crippen molar-refractivity contribution in [3.63, 3.8) is 0 Å². The summed E-state index contributed by atoms with van der Waals surface area (Å²) in [5, 5.41) is 2.07. The van der Waals surface area contributed by atoms with Gasteiger partial charge in [-0.2, -0.15) is 0 Å². The van der Waals surface area contributed by atoms with Crippen LogP contribution in [0.3, 0.4) is 0 Å². The van der Waals surface area contributed by atoms with Gasteiger partial charge in [-0.15, -0.1) is 71.8 Å². The second-order valence-electron chi connectivity index (χ2n) is 8.42. The van der Waals surface area contributed by atoms with Gasteiger partial charge in [-0.1, -0.05) is 36.4 Å². The molecule has 0 atom stereocenters. The molecule has 3 nitrogen and oxygen atoms in total. The van der Waals surface area contributed by atoms with Gasteiger partial charge in [0.2, 0.25) is 0 Å². The summed E-state index contributed by atoms with van der Waals surface area (Å²) in [4.78, 5) is 21.5. The van der Waals surface area contributed by atoms with E-state index in [4.69, 9.17) is 0 Å². The van der Waals surface area contributed by atoms with Crippen molar-refractivity contribution in [3.8, 4) is 33.6 Å². The van der Waals surface area contributed by atoms with Crippen molar-refractivity contribution < 1.29 is 24.9 Å². The molecule has 0 saturated heterocycles. The standard InChI is InChI=1S/C22H12NO.C11H8N.Ir/c24-22-17-9-5-4-8-16(17)19-12-15-10-11-23-21(18(15)13-20(19)22)14-6-2-1-3-7-14;1-2-6-10(7-3-1)11-8-4-5-9-12-11;/h1-6,8-13H;1-6,8-9H;/q2*-1;. The van der Waals surface area contributed by atoms with Crippen molar-refractivity contribution in [2.75, 3.05) is 0 Å². The molecule has 1 radical (unpaired) electrons. The van der Waals surface area contributed by atoms with Crippen LogP contribution < -0.4 is 0 Å².